The summed E-state index contributed by atoms with van der Waals surface area (Å²) in [5.41, 5.74) is 0.209. The van der Waals surface area contributed by atoms with E-state index in [4.69, 9.17) is 39.5 Å². The predicted molar refractivity (Wildman–Crippen MR) is 89.5 cm³/mol. The van der Waals surface area contributed by atoms with Crippen molar-refractivity contribution in [1.29, 1.82) is 0 Å². The first-order valence-corrected chi connectivity index (χ1v) is 8.22. The number of hydrogen-bond acceptors (Lipinski definition) is 2. The molecule has 2 nitrogen and oxygen atoms in total. The van der Waals surface area contributed by atoms with Crippen LogP contribution < -0.4 is 0 Å². The first-order chi connectivity index (χ1) is 9.77. The van der Waals surface area contributed by atoms with Gasteiger partial charge >= 0.3 is 5.97 Å². The summed E-state index contributed by atoms with van der Waals surface area (Å²) in [4.78, 5) is 12.2. The third kappa shape index (κ3) is 5.05. The van der Waals surface area contributed by atoms with Crippen LogP contribution in [0.2, 0.25) is 15.1 Å². The molecule has 118 valence electrons. The SMILES string of the molecule is CCC(COC(=O)c1cc(Cl)cc(Cl)c1Cl)C(C)C(C)C. The highest BCUT2D eigenvalue weighted by atomic mass is 35.5. The van der Waals surface area contributed by atoms with Crippen molar-refractivity contribution in [3.8, 4) is 0 Å². The summed E-state index contributed by atoms with van der Waals surface area (Å²) in [6.07, 6.45) is 0.955. The summed E-state index contributed by atoms with van der Waals surface area (Å²) in [6.45, 7) is 8.98. The molecule has 0 aromatic heterocycles. The molecule has 0 aliphatic heterocycles. The topological polar surface area (TPSA) is 26.3 Å². The minimum absolute atomic E-state index is 0.177. The number of esters is 1. The number of hydrogen-bond donors (Lipinski definition) is 0. The molecular formula is C16H21Cl3O2. The van der Waals surface area contributed by atoms with Gasteiger partial charge in [0.05, 0.1) is 22.2 Å². The molecule has 0 aliphatic carbocycles. The second-order valence-electron chi connectivity index (χ2n) is 5.62. The molecule has 0 aliphatic rings. The Balaban J connectivity index is 2.78. The Morgan fingerprint density at radius 3 is 2.33 bits per heavy atom. The van der Waals surface area contributed by atoms with Gasteiger partial charge in [-0.05, 0) is 36.3 Å². The van der Waals surface area contributed by atoms with Crippen LogP contribution in [-0.4, -0.2) is 12.6 Å². The average molecular weight is 352 g/mol. The van der Waals surface area contributed by atoms with Crippen molar-refractivity contribution >= 4 is 40.8 Å². The highest BCUT2D eigenvalue weighted by molar-refractivity contribution is 6.45. The van der Waals surface area contributed by atoms with E-state index in [-0.39, 0.29) is 15.6 Å². The van der Waals surface area contributed by atoms with Gasteiger partial charge in [-0.15, -0.1) is 0 Å². The summed E-state index contributed by atoms with van der Waals surface area (Å²) in [5, 5.41) is 0.786. The minimum Gasteiger partial charge on any atom is -0.462 e. The monoisotopic (exact) mass is 350 g/mol. The van der Waals surface area contributed by atoms with Crippen LogP contribution in [0.25, 0.3) is 0 Å². The smallest absolute Gasteiger partial charge is 0.339 e. The van der Waals surface area contributed by atoms with Crippen LogP contribution in [0.5, 0.6) is 0 Å². The number of ether oxygens (including phenoxy) is 1. The molecule has 5 heteroatoms. The Bertz CT molecular complexity index is 501. The molecule has 1 rings (SSSR count). The van der Waals surface area contributed by atoms with Gasteiger partial charge in [-0.2, -0.15) is 0 Å². The summed E-state index contributed by atoms with van der Waals surface area (Å²) in [6, 6.07) is 2.98. The third-order valence-electron chi connectivity index (χ3n) is 3.96. The van der Waals surface area contributed by atoms with Gasteiger partial charge < -0.3 is 4.74 Å². The van der Waals surface area contributed by atoms with E-state index in [1.54, 1.807) is 0 Å². The van der Waals surface area contributed by atoms with Crippen molar-refractivity contribution in [1.82, 2.24) is 0 Å². The Kier molecular flexibility index (Phi) is 7.32. The summed E-state index contributed by atoms with van der Waals surface area (Å²) < 4.78 is 5.40. The van der Waals surface area contributed by atoms with Crippen LogP contribution in [0.4, 0.5) is 0 Å². The third-order valence-corrected chi connectivity index (χ3v) is 4.98. The fourth-order valence-corrected chi connectivity index (χ4v) is 2.83. The van der Waals surface area contributed by atoms with E-state index >= 15 is 0 Å². The van der Waals surface area contributed by atoms with E-state index in [0.717, 1.165) is 6.42 Å². The normalized spacial score (nSPS) is 14.1. The van der Waals surface area contributed by atoms with E-state index in [1.807, 2.05) is 0 Å². The first kappa shape index (κ1) is 18.6. The van der Waals surface area contributed by atoms with Crippen molar-refractivity contribution in [3.05, 3.63) is 32.8 Å². The molecule has 0 saturated carbocycles. The highest BCUT2D eigenvalue weighted by Crippen LogP contribution is 2.31. The van der Waals surface area contributed by atoms with Gasteiger partial charge in [-0.1, -0.05) is 62.5 Å². The first-order valence-electron chi connectivity index (χ1n) is 7.09. The van der Waals surface area contributed by atoms with Crippen LogP contribution in [-0.2, 0) is 4.74 Å². The molecule has 0 saturated heterocycles. The number of rotatable bonds is 6. The minimum atomic E-state index is -0.487. The van der Waals surface area contributed by atoms with E-state index in [2.05, 4.69) is 27.7 Å². The van der Waals surface area contributed by atoms with Crippen LogP contribution in [0.1, 0.15) is 44.5 Å². The number of carbonyl (C=O) groups is 1. The maximum Gasteiger partial charge on any atom is 0.339 e. The van der Waals surface area contributed by atoms with E-state index < -0.39 is 5.97 Å². The predicted octanol–water partition coefficient (Wildman–Crippen LogP) is 6.12. The zero-order valence-corrected chi connectivity index (χ0v) is 15.0. The quantitative estimate of drug-likeness (QED) is 0.455. The Hall–Kier alpha value is -0.440. The van der Waals surface area contributed by atoms with Gasteiger partial charge in [0, 0.05) is 5.02 Å². The zero-order chi connectivity index (χ0) is 16.2. The molecule has 2 atom stereocenters. The lowest BCUT2D eigenvalue weighted by Gasteiger charge is -2.25. The Morgan fingerprint density at radius 2 is 1.81 bits per heavy atom. The maximum atomic E-state index is 12.2. The van der Waals surface area contributed by atoms with Crippen LogP contribution in [0, 0.1) is 17.8 Å². The largest absolute Gasteiger partial charge is 0.462 e. The molecule has 0 bridgehead atoms. The standard InChI is InChI=1S/C16H21Cl3O2/c1-5-11(10(4)9(2)3)8-21-16(20)13-6-12(17)7-14(18)15(13)19/h6-7,9-11H,5,8H2,1-4H3. The van der Waals surface area contributed by atoms with Gasteiger partial charge in [-0.25, -0.2) is 4.79 Å². The fourth-order valence-electron chi connectivity index (χ4n) is 2.15. The lowest BCUT2D eigenvalue weighted by Crippen LogP contribution is -2.23. The molecule has 0 N–H and O–H groups in total. The number of carbonyl (C=O) groups excluding carboxylic acids is 1. The van der Waals surface area contributed by atoms with Gasteiger partial charge in [0.25, 0.3) is 0 Å². The van der Waals surface area contributed by atoms with Crippen LogP contribution in [0.15, 0.2) is 12.1 Å². The highest BCUT2D eigenvalue weighted by Gasteiger charge is 2.22. The van der Waals surface area contributed by atoms with Crippen LogP contribution in [0.3, 0.4) is 0 Å². The second kappa shape index (κ2) is 8.26. The molecule has 0 fully saturated rings. The van der Waals surface area contributed by atoms with Gasteiger partial charge in [0.2, 0.25) is 0 Å². The van der Waals surface area contributed by atoms with E-state index in [9.17, 15) is 4.79 Å². The summed E-state index contributed by atoms with van der Waals surface area (Å²) >= 11 is 17.8. The van der Waals surface area contributed by atoms with Crippen molar-refractivity contribution < 1.29 is 9.53 Å². The number of benzene rings is 1. The molecule has 0 amide bonds. The fraction of sp³-hybridized carbons (Fsp3) is 0.562. The molecule has 0 heterocycles. The summed E-state index contributed by atoms with van der Waals surface area (Å²) in [5.74, 6) is 0.847. The molecule has 1 aromatic carbocycles. The van der Waals surface area contributed by atoms with Crippen molar-refractivity contribution in [2.24, 2.45) is 17.8 Å². The molecular weight excluding hydrogens is 331 g/mol. The van der Waals surface area contributed by atoms with Crippen LogP contribution >= 0.6 is 34.8 Å². The molecule has 0 spiro atoms. The average Bonchev–Trinajstić information content (AvgIpc) is 2.42. The van der Waals surface area contributed by atoms with Gasteiger partial charge in [0.1, 0.15) is 0 Å². The maximum absolute atomic E-state index is 12.2. The zero-order valence-electron chi connectivity index (χ0n) is 12.8. The Labute approximate surface area is 141 Å². The van der Waals surface area contributed by atoms with Crippen molar-refractivity contribution in [2.45, 2.75) is 34.1 Å². The molecule has 2 unspecified atom stereocenters. The lowest BCUT2D eigenvalue weighted by atomic mass is 9.84. The van der Waals surface area contributed by atoms with Crippen molar-refractivity contribution in [2.75, 3.05) is 6.61 Å². The Morgan fingerprint density at radius 1 is 1.19 bits per heavy atom. The van der Waals surface area contributed by atoms with Gasteiger partial charge in [-0.3, -0.25) is 0 Å². The van der Waals surface area contributed by atoms with E-state index in [0.29, 0.717) is 29.4 Å². The molecule has 21 heavy (non-hydrogen) atoms. The second-order valence-corrected chi connectivity index (χ2v) is 6.84. The number of halogens is 3. The van der Waals surface area contributed by atoms with Gasteiger partial charge in [0.15, 0.2) is 0 Å². The summed E-state index contributed by atoms with van der Waals surface area (Å²) in [7, 11) is 0. The van der Waals surface area contributed by atoms with E-state index in [1.165, 1.54) is 12.1 Å². The van der Waals surface area contributed by atoms with Crippen molar-refractivity contribution in [3.63, 3.8) is 0 Å². The lowest BCUT2D eigenvalue weighted by molar-refractivity contribution is 0.0368. The molecule has 0 radical (unpaired) electrons. The molecule has 1 aromatic rings.